The number of carbonyl (C=O) groups excluding carboxylic acids is 3. The Hall–Kier alpha value is -4.80. The average Bonchev–Trinajstić information content (AvgIpc) is 3.34. The number of carbonyl (C=O) groups is 3. The third kappa shape index (κ3) is 6.27. The van der Waals surface area contributed by atoms with Gasteiger partial charge in [-0.25, -0.2) is 14.4 Å². The van der Waals surface area contributed by atoms with Crippen molar-refractivity contribution in [2.75, 3.05) is 58.8 Å². The molecule has 1 aliphatic rings. The Morgan fingerprint density at radius 3 is 2.25 bits per heavy atom. The molecule has 4 aromatic rings. The maximum Gasteiger partial charge on any atom is 0.337 e. The van der Waals surface area contributed by atoms with E-state index in [0.29, 0.717) is 34.4 Å². The summed E-state index contributed by atoms with van der Waals surface area (Å²) < 4.78 is 6.10. The number of hydrogen-bond donors (Lipinski definition) is 1. The number of ether oxygens (including phenoxy) is 1. The highest BCUT2D eigenvalue weighted by atomic mass is 16.5. The number of amides is 1. The second-order valence-electron chi connectivity index (χ2n) is 10.9. The molecule has 0 radical (unpaired) electrons. The Balaban J connectivity index is 1.54. The molecule has 228 valence electrons. The van der Waals surface area contributed by atoms with Crippen molar-refractivity contribution in [2.45, 2.75) is 13.3 Å². The fraction of sp³-hybridized carbons (Fsp3) is 0.294. The number of nitrogens with zero attached hydrogens (tertiary/aromatic N) is 5. The highest BCUT2D eigenvalue weighted by Gasteiger charge is 2.26. The lowest BCUT2D eigenvalue weighted by Gasteiger charge is -2.32. The summed E-state index contributed by atoms with van der Waals surface area (Å²) in [7, 11) is 5.15. The van der Waals surface area contributed by atoms with Gasteiger partial charge in [-0.05, 0) is 43.4 Å². The van der Waals surface area contributed by atoms with Crippen LogP contribution in [0.15, 0.2) is 77.8 Å². The van der Waals surface area contributed by atoms with Gasteiger partial charge in [0.05, 0.1) is 41.7 Å². The van der Waals surface area contributed by atoms with Crippen molar-refractivity contribution >= 4 is 45.8 Å². The molecular weight excluding hydrogens is 558 g/mol. The van der Waals surface area contributed by atoms with Gasteiger partial charge in [0, 0.05) is 56.3 Å². The molecule has 0 aliphatic carbocycles. The number of hydrogen-bond acceptors (Lipinski definition) is 8. The van der Waals surface area contributed by atoms with Gasteiger partial charge in [-0.15, -0.1) is 0 Å². The second-order valence-corrected chi connectivity index (χ2v) is 10.9. The predicted octanol–water partition coefficient (Wildman–Crippen LogP) is 4.56. The molecule has 1 N–H and O–H groups in total. The molecule has 1 aromatic heterocycles. The Kier molecular flexibility index (Phi) is 9.22. The van der Waals surface area contributed by atoms with E-state index in [1.807, 2.05) is 54.6 Å². The van der Waals surface area contributed by atoms with E-state index in [1.165, 1.54) is 11.7 Å². The van der Waals surface area contributed by atoms with Crippen LogP contribution in [0.2, 0.25) is 0 Å². The standard InChI is InChI=1S/C34H37N5O5/c1-5-29(40)39-28-21-24(34(43)44-4)11-16-27(28)31(33(39)42)32(23-9-7-6-8-10-23)35-25-12-14-26(15-13-25)37(3)30(41)22-38-19-17-36(2)18-20-38/h6-16,21,42H,5,17-20,22H2,1-4H3. The molecule has 10 heteroatoms. The fourth-order valence-electron chi connectivity index (χ4n) is 5.35. The van der Waals surface area contributed by atoms with Crippen molar-refractivity contribution in [3.8, 4) is 5.88 Å². The Morgan fingerprint density at radius 1 is 0.932 bits per heavy atom. The van der Waals surface area contributed by atoms with E-state index in [1.54, 1.807) is 37.1 Å². The first-order valence-corrected chi connectivity index (χ1v) is 14.6. The van der Waals surface area contributed by atoms with Crippen molar-refractivity contribution in [2.24, 2.45) is 4.99 Å². The highest BCUT2D eigenvalue weighted by molar-refractivity contribution is 6.23. The number of methoxy groups -OCH3 is 1. The number of rotatable bonds is 8. The van der Waals surface area contributed by atoms with Crippen LogP contribution in [0.5, 0.6) is 5.88 Å². The number of anilines is 1. The molecule has 1 amide bonds. The summed E-state index contributed by atoms with van der Waals surface area (Å²) in [6.45, 7) is 5.69. The van der Waals surface area contributed by atoms with Crippen molar-refractivity contribution in [1.29, 1.82) is 0 Å². The number of esters is 1. The fourth-order valence-corrected chi connectivity index (χ4v) is 5.35. The summed E-state index contributed by atoms with van der Waals surface area (Å²) in [5, 5.41) is 12.1. The van der Waals surface area contributed by atoms with Crippen LogP contribution in [0.1, 0.15) is 39.6 Å². The van der Waals surface area contributed by atoms with E-state index in [2.05, 4.69) is 16.8 Å². The molecule has 1 saturated heterocycles. The largest absolute Gasteiger partial charge is 0.494 e. The number of fused-ring (bicyclic) bond motifs is 1. The zero-order valence-electron chi connectivity index (χ0n) is 25.5. The summed E-state index contributed by atoms with van der Waals surface area (Å²) in [5.74, 6) is -1.13. The molecule has 0 bridgehead atoms. The van der Waals surface area contributed by atoms with Gasteiger partial charge in [0.25, 0.3) is 0 Å². The first-order chi connectivity index (χ1) is 21.2. The lowest BCUT2D eigenvalue weighted by atomic mass is 10.00. The lowest BCUT2D eigenvalue weighted by molar-refractivity contribution is -0.119. The zero-order valence-corrected chi connectivity index (χ0v) is 25.5. The van der Waals surface area contributed by atoms with Crippen LogP contribution in [0.25, 0.3) is 10.9 Å². The SMILES string of the molecule is CCC(=O)n1c(O)c(C(=Nc2ccc(N(C)C(=O)CN3CCN(C)CC3)cc2)c2ccccc2)c2ccc(C(=O)OC)cc21. The number of piperazine rings is 1. The molecule has 5 rings (SSSR count). The summed E-state index contributed by atoms with van der Waals surface area (Å²) in [5.41, 5.74) is 3.53. The Labute approximate surface area is 256 Å². The van der Waals surface area contributed by atoms with Gasteiger partial charge in [-0.2, -0.15) is 0 Å². The monoisotopic (exact) mass is 595 g/mol. The van der Waals surface area contributed by atoms with Gasteiger partial charge < -0.3 is 19.6 Å². The summed E-state index contributed by atoms with van der Waals surface area (Å²) in [4.78, 5) is 49.4. The van der Waals surface area contributed by atoms with E-state index in [4.69, 9.17) is 9.73 Å². The second kappa shape index (κ2) is 13.2. The minimum absolute atomic E-state index is 0.0143. The molecule has 44 heavy (non-hydrogen) atoms. The van der Waals surface area contributed by atoms with Crippen LogP contribution in [0.4, 0.5) is 11.4 Å². The van der Waals surface area contributed by atoms with Gasteiger partial charge in [-0.3, -0.25) is 14.5 Å². The van der Waals surface area contributed by atoms with Crippen LogP contribution >= 0.6 is 0 Å². The smallest absolute Gasteiger partial charge is 0.337 e. The predicted molar refractivity (Wildman–Crippen MR) is 171 cm³/mol. The molecule has 0 unspecified atom stereocenters. The van der Waals surface area contributed by atoms with Crippen LogP contribution in [-0.4, -0.2) is 96.9 Å². The summed E-state index contributed by atoms with van der Waals surface area (Å²) in [6, 6.07) is 21.6. The molecule has 3 aromatic carbocycles. The third-order valence-corrected chi connectivity index (χ3v) is 8.01. The van der Waals surface area contributed by atoms with Gasteiger partial charge in [0.2, 0.25) is 17.7 Å². The van der Waals surface area contributed by atoms with Crippen LogP contribution in [0, 0.1) is 0 Å². The number of benzene rings is 3. The van der Waals surface area contributed by atoms with Crippen molar-refractivity contribution in [3.05, 3.63) is 89.5 Å². The van der Waals surface area contributed by atoms with E-state index in [9.17, 15) is 19.5 Å². The van der Waals surface area contributed by atoms with Crippen molar-refractivity contribution in [3.63, 3.8) is 0 Å². The first-order valence-electron chi connectivity index (χ1n) is 14.6. The molecule has 1 aliphatic heterocycles. The van der Waals surface area contributed by atoms with E-state index < -0.39 is 5.97 Å². The number of aromatic nitrogens is 1. The number of aromatic hydroxyl groups is 1. The topological polar surface area (TPSA) is 108 Å². The third-order valence-electron chi connectivity index (χ3n) is 8.01. The lowest BCUT2D eigenvalue weighted by Crippen LogP contribution is -2.48. The van der Waals surface area contributed by atoms with E-state index in [0.717, 1.165) is 37.4 Å². The number of aliphatic imine (C=N–C) groups is 1. The minimum atomic E-state index is -0.548. The highest BCUT2D eigenvalue weighted by Crippen LogP contribution is 2.36. The minimum Gasteiger partial charge on any atom is -0.494 e. The van der Waals surface area contributed by atoms with Gasteiger partial charge in [-0.1, -0.05) is 43.3 Å². The molecule has 0 atom stereocenters. The molecule has 0 saturated carbocycles. The first kappa shape index (κ1) is 30.7. The summed E-state index contributed by atoms with van der Waals surface area (Å²) >= 11 is 0. The molecule has 0 spiro atoms. The summed E-state index contributed by atoms with van der Waals surface area (Å²) in [6.07, 6.45) is 0.138. The normalized spacial score (nSPS) is 14.5. The Morgan fingerprint density at radius 2 is 1.61 bits per heavy atom. The molecular formula is C34H37N5O5. The quantitative estimate of drug-likeness (QED) is 0.235. The van der Waals surface area contributed by atoms with E-state index >= 15 is 0 Å². The number of likely N-dealkylation sites (N-methyl/N-ethyl adjacent to an activating group) is 2. The van der Waals surface area contributed by atoms with Crippen molar-refractivity contribution in [1.82, 2.24) is 14.4 Å². The Bertz CT molecular complexity index is 1700. The van der Waals surface area contributed by atoms with Crippen molar-refractivity contribution < 1.29 is 24.2 Å². The van der Waals surface area contributed by atoms with Crippen LogP contribution in [-0.2, 0) is 9.53 Å². The molecule has 1 fully saturated rings. The van der Waals surface area contributed by atoms with E-state index in [-0.39, 0.29) is 29.7 Å². The molecule has 2 heterocycles. The van der Waals surface area contributed by atoms with Gasteiger partial charge in [0.1, 0.15) is 0 Å². The van der Waals surface area contributed by atoms with Crippen LogP contribution < -0.4 is 4.90 Å². The molecule has 10 nitrogen and oxygen atoms in total. The maximum atomic E-state index is 13.0. The van der Waals surface area contributed by atoms with Crippen LogP contribution in [0.3, 0.4) is 0 Å². The van der Waals surface area contributed by atoms with Gasteiger partial charge >= 0.3 is 5.97 Å². The average molecular weight is 596 g/mol. The maximum absolute atomic E-state index is 13.0. The zero-order chi connectivity index (χ0) is 31.4. The van der Waals surface area contributed by atoms with Gasteiger partial charge in [0.15, 0.2) is 0 Å².